The van der Waals surface area contributed by atoms with Gasteiger partial charge in [0.05, 0.1) is 7.11 Å². The molecule has 0 aliphatic carbocycles. The van der Waals surface area contributed by atoms with E-state index in [9.17, 15) is 31.1 Å². The molecule has 0 aromatic carbocycles. The Morgan fingerprint density at radius 1 is 1.25 bits per heavy atom. The van der Waals surface area contributed by atoms with Gasteiger partial charge in [0.1, 0.15) is 6.61 Å². The third kappa shape index (κ3) is 6.32. The molecule has 0 saturated carbocycles. The van der Waals surface area contributed by atoms with Crippen LogP contribution in [-0.2, 0) is 9.47 Å². The van der Waals surface area contributed by atoms with E-state index in [2.05, 4.69) is 9.47 Å². The number of carbonyl (C=O) groups is 1. The predicted octanol–water partition coefficient (Wildman–Crippen LogP) is 1.81. The largest absolute Gasteiger partial charge is 0.453 e. The summed E-state index contributed by atoms with van der Waals surface area (Å²) in [7, 11) is 0.756. The molecule has 1 N–H and O–H groups in total. The molecule has 0 radical (unpaired) electrons. The highest BCUT2D eigenvalue weighted by molar-refractivity contribution is 5.67. The summed E-state index contributed by atoms with van der Waals surface area (Å²) in [5.41, 5.74) is 0. The van der Waals surface area contributed by atoms with Crippen molar-refractivity contribution in [3.05, 3.63) is 0 Å². The highest BCUT2D eigenvalue weighted by atomic mass is 19.4. The quantitative estimate of drug-likeness (QED) is 0.618. The van der Waals surface area contributed by atoms with Crippen molar-refractivity contribution in [3.8, 4) is 0 Å². The van der Waals surface area contributed by atoms with E-state index >= 15 is 0 Å². The molecule has 0 rings (SSSR count). The summed E-state index contributed by atoms with van der Waals surface area (Å²) in [5, 5.41) is 1.07. The molecule has 0 aliphatic rings. The summed E-state index contributed by atoms with van der Waals surface area (Å²) in [5.74, 6) is 0. The van der Waals surface area contributed by atoms with Crippen LogP contribution in [0.3, 0.4) is 0 Å². The molecule has 0 aromatic heterocycles. The fourth-order valence-corrected chi connectivity index (χ4v) is 0.562. The molecule has 0 heterocycles. The number of methoxy groups -OCH3 is 1. The fraction of sp³-hybridized carbons (Fsp3) is 0.833. The number of hydrogen-bond acceptors (Lipinski definition) is 3. The maximum atomic E-state index is 12.0. The van der Waals surface area contributed by atoms with Crippen molar-refractivity contribution in [3.63, 3.8) is 0 Å². The second-order valence-electron chi connectivity index (χ2n) is 2.48. The van der Waals surface area contributed by atoms with Crippen molar-refractivity contribution in [2.45, 2.75) is 18.6 Å². The van der Waals surface area contributed by atoms with Crippen LogP contribution < -0.4 is 5.32 Å². The zero-order valence-electron chi connectivity index (χ0n) is 7.78. The molecule has 16 heavy (non-hydrogen) atoms. The van der Waals surface area contributed by atoms with Crippen molar-refractivity contribution in [1.29, 1.82) is 0 Å². The van der Waals surface area contributed by atoms with Crippen LogP contribution in [0.2, 0.25) is 0 Å². The van der Waals surface area contributed by atoms with Crippen molar-refractivity contribution in [2.75, 3.05) is 13.7 Å². The Bertz CT molecular complexity index is 237. The number of carbonyl (C=O) groups excluding carboxylic acids is 1. The first-order valence-corrected chi connectivity index (χ1v) is 3.66. The van der Waals surface area contributed by atoms with E-state index < -0.39 is 31.3 Å². The maximum Gasteiger partial charge on any atom is 0.433 e. The van der Waals surface area contributed by atoms with E-state index in [1.807, 2.05) is 0 Å². The fourth-order valence-electron chi connectivity index (χ4n) is 0.562. The number of alkyl halides is 6. The molecule has 96 valence electrons. The van der Waals surface area contributed by atoms with Crippen LogP contribution in [0.1, 0.15) is 0 Å². The Hall–Kier alpha value is -1.19. The lowest BCUT2D eigenvalue weighted by molar-refractivity contribution is -0.260. The summed E-state index contributed by atoms with van der Waals surface area (Å²) in [6.45, 7) is -2.14. The summed E-state index contributed by atoms with van der Waals surface area (Å²) in [4.78, 5) is 10.4. The number of halogens is 6. The van der Waals surface area contributed by atoms with Gasteiger partial charge in [-0.3, -0.25) is 5.32 Å². The van der Waals surface area contributed by atoms with E-state index in [4.69, 9.17) is 0 Å². The Balaban J connectivity index is 4.40. The maximum absolute atomic E-state index is 12.0. The zero-order valence-corrected chi connectivity index (χ0v) is 7.78. The molecule has 0 aromatic rings. The average molecular weight is 255 g/mol. The minimum Gasteiger partial charge on any atom is -0.453 e. The minimum absolute atomic E-state index is 0.756. The lowest BCUT2D eigenvalue weighted by Gasteiger charge is -2.21. The van der Waals surface area contributed by atoms with E-state index in [0.29, 0.717) is 0 Å². The van der Waals surface area contributed by atoms with Gasteiger partial charge in [0.2, 0.25) is 6.23 Å². The van der Waals surface area contributed by atoms with Gasteiger partial charge in [-0.15, -0.1) is 0 Å². The SMILES string of the molecule is COC(=O)NC(OCC(F)(F)F)C(F)(F)F. The summed E-state index contributed by atoms with van der Waals surface area (Å²) >= 11 is 0. The van der Waals surface area contributed by atoms with E-state index in [0.717, 1.165) is 12.4 Å². The highest BCUT2D eigenvalue weighted by Crippen LogP contribution is 2.24. The second kappa shape index (κ2) is 5.23. The molecule has 0 aliphatic heterocycles. The van der Waals surface area contributed by atoms with Crippen molar-refractivity contribution in [2.24, 2.45) is 0 Å². The van der Waals surface area contributed by atoms with E-state index in [1.165, 1.54) is 0 Å². The molecule has 0 saturated heterocycles. The number of nitrogens with one attached hydrogen (secondary N) is 1. The predicted molar refractivity (Wildman–Crippen MR) is 37.4 cm³/mol. The molecular formula is C6H7F6NO3. The summed E-state index contributed by atoms with van der Waals surface area (Å²) in [6.07, 6.45) is -14.7. The van der Waals surface area contributed by atoms with Gasteiger partial charge in [-0.1, -0.05) is 0 Å². The van der Waals surface area contributed by atoms with E-state index in [1.54, 1.807) is 0 Å². The molecule has 1 amide bonds. The Labute approximate surface area is 85.5 Å². The van der Waals surface area contributed by atoms with Gasteiger partial charge in [0, 0.05) is 0 Å². The molecule has 4 nitrogen and oxygen atoms in total. The molecule has 1 atom stereocenters. The van der Waals surface area contributed by atoms with Crippen LogP contribution in [0.15, 0.2) is 0 Å². The zero-order chi connectivity index (χ0) is 13.0. The van der Waals surface area contributed by atoms with Crippen LogP contribution in [0.5, 0.6) is 0 Å². The van der Waals surface area contributed by atoms with Gasteiger partial charge in [0.25, 0.3) is 0 Å². The van der Waals surface area contributed by atoms with Crippen LogP contribution in [0.4, 0.5) is 31.1 Å². The van der Waals surface area contributed by atoms with Gasteiger partial charge in [-0.25, -0.2) is 4.79 Å². The first-order chi connectivity index (χ1) is 7.06. The smallest absolute Gasteiger partial charge is 0.433 e. The lowest BCUT2D eigenvalue weighted by Crippen LogP contribution is -2.48. The molecule has 10 heteroatoms. The van der Waals surface area contributed by atoms with Gasteiger partial charge in [-0.05, 0) is 0 Å². The van der Waals surface area contributed by atoms with Gasteiger partial charge in [-0.2, -0.15) is 26.3 Å². The number of rotatable bonds is 3. The summed E-state index contributed by atoms with van der Waals surface area (Å²) in [6, 6.07) is 0. The number of alkyl carbamates (subject to hydrolysis) is 1. The monoisotopic (exact) mass is 255 g/mol. The number of hydrogen-bond donors (Lipinski definition) is 1. The van der Waals surface area contributed by atoms with Crippen molar-refractivity contribution < 1.29 is 40.6 Å². The minimum atomic E-state index is -5.17. The van der Waals surface area contributed by atoms with Crippen LogP contribution >= 0.6 is 0 Å². The third-order valence-electron chi connectivity index (χ3n) is 1.15. The van der Waals surface area contributed by atoms with Gasteiger partial charge >= 0.3 is 18.4 Å². The first kappa shape index (κ1) is 14.8. The molecule has 1 unspecified atom stereocenters. The normalized spacial score (nSPS) is 14.4. The van der Waals surface area contributed by atoms with Gasteiger partial charge < -0.3 is 9.47 Å². The standard InChI is InChI=1S/C6H7F6NO3/c1-15-4(14)13-3(6(10,11)12)16-2-5(7,8)9/h3H,2H2,1H3,(H,13,14). The average Bonchev–Trinajstić information content (AvgIpc) is 2.08. The van der Waals surface area contributed by atoms with E-state index in [-0.39, 0.29) is 0 Å². The molecule has 0 bridgehead atoms. The van der Waals surface area contributed by atoms with Crippen LogP contribution in [0, 0.1) is 0 Å². The van der Waals surface area contributed by atoms with Crippen molar-refractivity contribution in [1.82, 2.24) is 5.32 Å². The topological polar surface area (TPSA) is 47.6 Å². The Morgan fingerprint density at radius 2 is 1.75 bits per heavy atom. The summed E-state index contributed by atoms with van der Waals surface area (Å²) < 4.78 is 78.1. The van der Waals surface area contributed by atoms with Crippen LogP contribution in [-0.4, -0.2) is 38.4 Å². The molecular weight excluding hydrogens is 248 g/mol. The third-order valence-corrected chi connectivity index (χ3v) is 1.15. The highest BCUT2D eigenvalue weighted by Gasteiger charge is 2.44. The van der Waals surface area contributed by atoms with Crippen molar-refractivity contribution >= 4 is 6.09 Å². The first-order valence-electron chi connectivity index (χ1n) is 3.66. The Kier molecular flexibility index (Phi) is 4.84. The lowest BCUT2D eigenvalue weighted by atomic mass is 10.5. The molecule has 0 spiro atoms. The Morgan fingerprint density at radius 3 is 2.06 bits per heavy atom. The molecule has 0 fully saturated rings. The number of ether oxygens (including phenoxy) is 2. The van der Waals surface area contributed by atoms with Gasteiger partial charge in [0.15, 0.2) is 0 Å². The van der Waals surface area contributed by atoms with Crippen LogP contribution in [0.25, 0.3) is 0 Å². The second-order valence-corrected chi connectivity index (χ2v) is 2.48. The number of amides is 1.